The molecule has 3 aromatic carbocycles. The number of sulfonamides is 1. The standard InChI is InChI=1S/C30H36ClN3O4S/c1-6-23(4)32-30(36)24(5)33(19-25-13-11-10-12-21(25)2)29(35)20-34(28-17-16-26(31)18-22(28)3)39(37,38)27-14-8-7-9-15-27/h7-18,23-24H,6,19-20H2,1-5H3,(H,32,36)/t23-,24+/m0/s1. The lowest BCUT2D eigenvalue weighted by Gasteiger charge is -2.33. The number of nitrogens with one attached hydrogen (secondary N) is 1. The summed E-state index contributed by atoms with van der Waals surface area (Å²) in [4.78, 5) is 28.7. The monoisotopic (exact) mass is 569 g/mol. The normalized spacial score (nSPS) is 12.9. The minimum Gasteiger partial charge on any atom is -0.352 e. The van der Waals surface area contributed by atoms with Crippen LogP contribution in [-0.2, 0) is 26.2 Å². The van der Waals surface area contributed by atoms with E-state index >= 15 is 0 Å². The molecule has 0 unspecified atom stereocenters. The zero-order valence-corrected chi connectivity index (χ0v) is 24.6. The summed E-state index contributed by atoms with van der Waals surface area (Å²) in [7, 11) is -4.13. The van der Waals surface area contributed by atoms with E-state index < -0.39 is 28.5 Å². The van der Waals surface area contributed by atoms with Crippen molar-refractivity contribution in [3.05, 3.63) is 94.5 Å². The zero-order chi connectivity index (χ0) is 28.7. The molecule has 0 aliphatic heterocycles. The van der Waals surface area contributed by atoms with Crippen LogP contribution in [0.1, 0.15) is 43.9 Å². The molecule has 3 aromatic rings. The highest BCUT2D eigenvalue weighted by Crippen LogP contribution is 2.29. The second-order valence-corrected chi connectivity index (χ2v) is 12.0. The lowest BCUT2D eigenvalue weighted by molar-refractivity contribution is -0.139. The number of anilines is 1. The van der Waals surface area contributed by atoms with Crippen LogP contribution in [0.15, 0.2) is 77.7 Å². The average Bonchev–Trinajstić information content (AvgIpc) is 2.91. The fourth-order valence-electron chi connectivity index (χ4n) is 4.15. The maximum absolute atomic E-state index is 14.0. The molecule has 0 spiro atoms. The molecule has 0 saturated heterocycles. The number of hydrogen-bond acceptors (Lipinski definition) is 4. The van der Waals surface area contributed by atoms with E-state index in [9.17, 15) is 18.0 Å². The van der Waals surface area contributed by atoms with Crippen LogP contribution in [0.25, 0.3) is 0 Å². The maximum Gasteiger partial charge on any atom is 0.264 e. The minimum atomic E-state index is -4.13. The zero-order valence-electron chi connectivity index (χ0n) is 23.0. The van der Waals surface area contributed by atoms with Gasteiger partial charge in [0.15, 0.2) is 0 Å². The molecular weight excluding hydrogens is 534 g/mol. The fourth-order valence-corrected chi connectivity index (χ4v) is 5.88. The third-order valence-corrected chi connectivity index (χ3v) is 8.82. The van der Waals surface area contributed by atoms with Gasteiger partial charge in [0.2, 0.25) is 11.8 Å². The number of rotatable bonds is 11. The van der Waals surface area contributed by atoms with Crippen LogP contribution in [-0.4, -0.2) is 43.8 Å². The van der Waals surface area contributed by atoms with Crippen LogP contribution in [0.5, 0.6) is 0 Å². The summed E-state index contributed by atoms with van der Waals surface area (Å²) in [5.41, 5.74) is 2.77. The third kappa shape index (κ3) is 7.40. The molecule has 0 heterocycles. The second-order valence-electron chi connectivity index (χ2n) is 9.70. The summed E-state index contributed by atoms with van der Waals surface area (Å²) in [6, 6.07) is 19.5. The summed E-state index contributed by atoms with van der Waals surface area (Å²) in [5.74, 6) is -0.801. The van der Waals surface area contributed by atoms with Gasteiger partial charge in [0.25, 0.3) is 10.0 Å². The van der Waals surface area contributed by atoms with Crippen molar-refractivity contribution in [2.75, 3.05) is 10.8 Å². The summed E-state index contributed by atoms with van der Waals surface area (Å²) >= 11 is 6.16. The summed E-state index contributed by atoms with van der Waals surface area (Å²) in [5, 5.41) is 3.40. The Hall–Kier alpha value is -3.36. The van der Waals surface area contributed by atoms with E-state index in [1.54, 1.807) is 50.2 Å². The van der Waals surface area contributed by atoms with Crippen molar-refractivity contribution in [1.82, 2.24) is 10.2 Å². The van der Waals surface area contributed by atoms with E-state index in [1.165, 1.54) is 17.0 Å². The Morgan fingerprint density at radius 2 is 1.56 bits per heavy atom. The average molecular weight is 570 g/mol. The van der Waals surface area contributed by atoms with Crippen LogP contribution < -0.4 is 9.62 Å². The van der Waals surface area contributed by atoms with Gasteiger partial charge in [-0.05, 0) is 81.1 Å². The number of halogens is 1. The smallest absolute Gasteiger partial charge is 0.264 e. The van der Waals surface area contributed by atoms with Crippen LogP contribution in [0, 0.1) is 13.8 Å². The fraction of sp³-hybridized carbons (Fsp3) is 0.333. The Morgan fingerprint density at radius 1 is 0.923 bits per heavy atom. The van der Waals surface area contributed by atoms with Crippen molar-refractivity contribution in [3.8, 4) is 0 Å². The van der Waals surface area contributed by atoms with Gasteiger partial charge in [-0.25, -0.2) is 8.42 Å². The van der Waals surface area contributed by atoms with Gasteiger partial charge in [-0.3, -0.25) is 13.9 Å². The second kappa shape index (κ2) is 13.1. The Labute approximate surface area is 236 Å². The van der Waals surface area contributed by atoms with E-state index in [1.807, 2.05) is 45.0 Å². The van der Waals surface area contributed by atoms with Gasteiger partial charge in [-0.2, -0.15) is 0 Å². The van der Waals surface area contributed by atoms with Crippen molar-refractivity contribution in [3.63, 3.8) is 0 Å². The van der Waals surface area contributed by atoms with E-state index in [4.69, 9.17) is 11.6 Å². The van der Waals surface area contributed by atoms with E-state index in [0.717, 1.165) is 21.9 Å². The number of benzene rings is 3. The molecule has 2 amide bonds. The van der Waals surface area contributed by atoms with Crippen LogP contribution >= 0.6 is 11.6 Å². The van der Waals surface area contributed by atoms with Crippen molar-refractivity contribution < 1.29 is 18.0 Å². The van der Waals surface area contributed by atoms with Crippen LogP contribution in [0.4, 0.5) is 5.69 Å². The summed E-state index contributed by atoms with van der Waals surface area (Å²) in [6.07, 6.45) is 0.739. The first-order valence-corrected chi connectivity index (χ1v) is 14.8. The summed E-state index contributed by atoms with van der Waals surface area (Å²) < 4.78 is 28.8. The van der Waals surface area contributed by atoms with Crippen molar-refractivity contribution in [2.24, 2.45) is 0 Å². The highest BCUT2D eigenvalue weighted by Gasteiger charge is 2.33. The molecule has 3 rings (SSSR count). The molecular formula is C30H36ClN3O4S. The van der Waals surface area contributed by atoms with Gasteiger partial charge in [0, 0.05) is 17.6 Å². The highest BCUT2D eigenvalue weighted by molar-refractivity contribution is 7.92. The molecule has 208 valence electrons. The number of nitrogens with zero attached hydrogens (tertiary/aromatic N) is 2. The van der Waals surface area contributed by atoms with Gasteiger partial charge in [-0.1, -0.05) is 61.0 Å². The Morgan fingerprint density at radius 3 is 2.18 bits per heavy atom. The Kier molecular flexibility index (Phi) is 10.2. The molecule has 0 aromatic heterocycles. The number of aryl methyl sites for hydroxylation is 2. The predicted octanol–water partition coefficient (Wildman–Crippen LogP) is 5.48. The molecule has 0 fully saturated rings. The van der Waals surface area contributed by atoms with Gasteiger partial charge < -0.3 is 10.2 Å². The van der Waals surface area contributed by atoms with Crippen molar-refractivity contribution in [2.45, 2.75) is 64.6 Å². The highest BCUT2D eigenvalue weighted by atomic mass is 35.5. The molecule has 0 aliphatic carbocycles. The van der Waals surface area contributed by atoms with E-state index in [-0.39, 0.29) is 23.4 Å². The van der Waals surface area contributed by atoms with Crippen LogP contribution in [0.2, 0.25) is 5.02 Å². The summed E-state index contributed by atoms with van der Waals surface area (Å²) in [6.45, 7) is 8.86. The van der Waals surface area contributed by atoms with Crippen molar-refractivity contribution in [1.29, 1.82) is 0 Å². The first-order chi connectivity index (χ1) is 18.4. The van der Waals surface area contributed by atoms with Crippen LogP contribution in [0.3, 0.4) is 0 Å². The number of hydrogen-bond donors (Lipinski definition) is 1. The van der Waals surface area contributed by atoms with Gasteiger partial charge in [0.1, 0.15) is 12.6 Å². The SMILES string of the molecule is CC[C@H](C)NC(=O)[C@@H](C)N(Cc1ccccc1C)C(=O)CN(c1ccc(Cl)cc1C)S(=O)(=O)c1ccccc1. The molecule has 0 aliphatic rings. The van der Waals surface area contributed by atoms with Gasteiger partial charge in [-0.15, -0.1) is 0 Å². The molecule has 0 saturated carbocycles. The largest absolute Gasteiger partial charge is 0.352 e. The molecule has 9 heteroatoms. The van der Waals surface area contributed by atoms with E-state index in [0.29, 0.717) is 16.3 Å². The quantitative estimate of drug-likeness (QED) is 0.331. The number of carbonyl (C=O) groups excluding carboxylic acids is 2. The Balaban J connectivity index is 2.06. The molecule has 1 N–H and O–H groups in total. The lowest BCUT2D eigenvalue weighted by Crippen LogP contribution is -2.52. The lowest BCUT2D eigenvalue weighted by atomic mass is 10.1. The first-order valence-electron chi connectivity index (χ1n) is 12.9. The van der Waals surface area contributed by atoms with Crippen molar-refractivity contribution >= 4 is 39.1 Å². The number of amides is 2. The van der Waals surface area contributed by atoms with Gasteiger partial charge in [0.05, 0.1) is 10.6 Å². The first kappa shape index (κ1) is 30.2. The molecule has 2 atom stereocenters. The molecule has 0 bridgehead atoms. The number of carbonyl (C=O) groups is 2. The third-order valence-electron chi connectivity index (χ3n) is 6.81. The Bertz CT molecular complexity index is 1410. The van der Waals surface area contributed by atoms with Gasteiger partial charge >= 0.3 is 0 Å². The topological polar surface area (TPSA) is 86.8 Å². The predicted molar refractivity (Wildman–Crippen MR) is 156 cm³/mol. The van der Waals surface area contributed by atoms with E-state index in [2.05, 4.69) is 5.32 Å². The molecule has 7 nitrogen and oxygen atoms in total. The molecule has 0 radical (unpaired) electrons. The maximum atomic E-state index is 14.0. The molecule has 39 heavy (non-hydrogen) atoms. The minimum absolute atomic E-state index is 0.0557.